The lowest BCUT2D eigenvalue weighted by Gasteiger charge is -2.12. The lowest BCUT2D eigenvalue weighted by molar-refractivity contribution is 0.0935. The average molecular weight is 330 g/mol. The molecule has 0 radical (unpaired) electrons. The number of carbonyl (C=O) groups excluding carboxylic acids is 1. The molecule has 1 amide bonds. The zero-order valence-electron chi connectivity index (χ0n) is 13.4. The van der Waals surface area contributed by atoms with Crippen LogP contribution < -0.4 is 5.32 Å². The van der Waals surface area contributed by atoms with E-state index < -0.39 is 0 Å². The maximum atomic E-state index is 12.4. The molecule has 0 aliphatic carbocycles. The second-order valence-corrected chi connectivity index (χ2v) is 6.30. The molecular weight excluding hydrogens is 312 g/mol. The minimum Gasteiger partial charge on any atom is -0.344 e. The van der Waals surface area contributed by atoms with Gasteiger partial charge in [0.25, 0.3) is 5.91 Å². The Hall–Kier alpha value is -2.48. The molecule has 7 nitrogen and oxygen atoms in total. The molecule has 23 heavy (non-hydrogen) atoms. The minimum absolute atomic E-state index is 0.125. The average Bonchev–Trinajstić information content (AvgIpc) is 3.21. The molecule has 3 aromatic heterocycles. The number of nitrogens with zero attached hydrogens (tertiary/aromatic N) is 5. The Balaban J connectivity index is 1.74. The number of aryl methyl sites for hydroxylation is 2. The molecule has 1 atom stereocenters. The number of amides is 1. The molecule has 0 saturated carbocycles. The molecule has 0 aliphatic heterocycles. The molecule has 3 heterocycles. The maximum Gasteiger partial charge on any atom is 0.271 e. The minimum atomic E-state index is -0.188. The van der Waals surface area contributed by atoms with Crippen LogP contribution in [-0.4, -0.2) is 30.5 Å². The summed E-state index contributed by atoms with van der Waals surface area (Å²) < 4.78 is 3.51. The molecule has 1 unspecified atom stereocenters. The van der Waals surface area contributed by atoms with Crippen molar-refractivity contribution >= 4 is 17.2 Å². The summed E-state index contributed by atoms with van der Waals surface area (Å²) in [6, 6.07) is -0.125. The van der Waals surface area contributed by atoms with Gasteiger partial charge >= 0.3 is 0 Å². The van der Waals surface area contributed by atoms with E-state index in [1.165, 1.54) is 11.3 Å². The lowest BCUT2D eigenvalue weighted by Crippen LogP contribution is -2.27. The fraction of sp³-hybridized carbons (Fsp3) is 0.333. The van der Waals surface area contributed by atoms with Crippen molar-refractivity contribution < 1.29 is 4.79 Å². The number of aromatic nitrogens is 5. The van der Waals surface area contributed by atoms with Crippen LogP contribution in [0.3, 0.4) is 0 Å². The highest BCUT2D eigenvalue weighted by Crippen LogP contribution is 2.23. The predicted octanol–water partition coefficient (Wildman–Crippen LogP) is 2.08. The first-order valence-electron chi connectivity index (χ1n) is 7.19. The normalized spacial score (nSPS) is 12.3. The van der Waals surface area contributed by atoms with Gasteiger partial charge in [-0.15, -0.1) is 11.3 Å². The van der Waals surface area contributed by atoms with Crippen LogP contribution in [0.5, 0.6) is 0 Å². The number of carbonyl (C=O) groups is 1. The molecule has 3 rings (SSSR count). The maximum absolute atomic E-state index is 12.4. The van der Waals surface area contributed by atoms with Crippen molar-refractivity contribution in [2.24, 2.45) is 14.1 Å². The van der Waals surface area contributed by atoms with Crippen molar-refractivity contribution in [3.63, 3.8) is 0 Å². The van der Waals surface area contributed by atoms with Crippen LogP contribution in [0.4, 0.5) is 0 Å². The summed E-state index contributed by atoms with van der Waals surface area (Å²) >= 11 is 1.43. The van der Waals surface area contributed by atoms with E-state index in [1.54, 1.807) is 27.1 Å². The molecule has 0 bridgehead atoms. The summed E-state index contributed by atoms with van der Waals surface area (Å²) in [5.41, 5.74) is 3.37. The highest BCUT2D eigenvalue weighted by atomic mass is 32.1. The van der Waals surface area contributed by atoms with Crippen LogP contribution in [0.1, 0.15) is 34.7 Å². The predicted molar refractivity (Wildman–Crippen MR) is 88.1 cm³/mol. The van der Waals surface area contributed by atoms with Crippen molar-refractivity contribution in [1.82, 2.24) is 29.9 Å². The van der Waals surface area contributed by atoms with Gasteiger partial charge in [-0.2, -0.15) is 10.2 Å². The van der Waals surface area contributed by atoms with Crippen LogP contribution >= 0.6 is 11.3 Å². The lowest BCUT2D eigenvalue weighted by atomic mass is 10.1. The standard InChI is InChI=1S/C15H18N6OS/c1-9(12-6-17-21(4)10(12)2)18-14(22)13-8-23-15(19-13)11-5-16-20(3)7-11/h5-9H,1-4H3,(H,18,22). The monoisotopic (exact) mass is 330 g/mol. The Labute approximate surface area is 138 Å². The van der Waals surface area contributed by atoms with Crippen molar-refractivity contribution in [2.45, 2.75) is 19.9 Å². The van der Waals surface area contributed by atoms with Crippen molar-refractivity contribution in [3.05, 3.63) is 40.9 Å². The van der Waals surface area contributed by atoms with Gasteiger partial charge in [-0.05, 0) is 13.8 Å². The number of thiazole rings is 1. The van der Waals surface area contributed by atoms with Gasteiger partial charge in [0.1, 0.15) is 10.7 Å². The largest absolute Gasteiger partial charge is 0.344 e. The molecule has 0 saturated heterocycles. The third-order valence-corrected chi connectivity index (χ3v) is 4.67. The third-order valence-electron chi connectivity index (χ3n) is 3.78. The molecule has 0 fully saturated rings. The fourth-order valence-corrected chi connectivity index (χ4v) is 3.11. The van der Waals surface area contributed by atoms with Gasteiger partial charge in [0, 0.05) is 42.5 Å². The van der Waals surface area contributed by atoms with Crippen LogP contribution in [-0.2, 0) is 14.1 Å². The van der Waals surface area contributed by atoms with Gasteiger partial charge in [-0.3, -0.25) is 14.2 Å². The number of hydrogen-bond donors (Lipinski definition) is 1. The van der Waals surface area contributed by atoms with E-state index in [1.807, 2.05) is 34.1 Å². The Morgan fingerprint density at radius 3 is 2.70 bits per heavy atom. The first kappa shape index (κ1) is 15.4. The Morgan fingerprint density at radius 1 is 1.30 bits per heavy atom. The Kier molecular flexibility index (Phi) is 3.99. The quantitative estimate of drug-likeness (QED) is 0.794. The smallest absolute Gasteiger partial charge is 0.271 e. The topological polar surface area (TPSA) is 77.6 Å². The summed E-state index contributed by atoms with van der Waals surface area (Å²) in [7, 11) is 3.73. The van der Waals surface area contributed by atoms with Gasteiger partial charge in [0.05, 0.1) is 18.4 Å². The van der Waals surface area contributed by atoms with E-state index in [9.17, 15) is 4.79 Å². The van der Waals surface area contributed by atoms with Crippen LogP contribution in [0.15, 0.2) is 24.0 Å². The van der Waals surface area contributed by atoms with Gasteiger partial charge in [-0.1, -0.05) is 0 Å². The van der Waals surface area contributed by atoms with Gasteiger partial charge in [0.15, 0.2) is 0 Å². The van der Waals surface area contributed by atoms with Gasteiger partial charge in [-0.25, -0.2) is 4.98 Å². The van der Waals surface area contributed by atoms with E-state index >= 15 is 0 Å². The van der Waals surface area contributed by atoms with Gasteiger partial charge < -0.3 is 5.32 Å². The summed E-state index contributed by atoms with van der Waals surface area (Å²) in [4.78, 5) is 16.8. The first-order valence-corrected chi connectivity index (χ1v) is 8.07. The highest BCUT2D eigenvalue weighted by molar-refractivity contribution is 7.13. The molecule has 1 N–H and O–H groups in total. The van der Waals surface area contributed by atoms with Crippen LogP contribution in [0.25, 0.3) is 10.6 Å². The molecule has 8 heteroatoms. The molecule has 0 spiro atoms. The van der Waals surface area contributed by atoms with Crippen molar-refractivity contribution in [1.29, 1.82) is 0 Å². The summed E-state index contributed by atoms with van der Waals surface area (Å²) in [5, 5.41) is 13.8. The summed E-state index contributed by atoms with van der Waals surface area (Å²) in [6.45, 7) is 3.92. The van der Waals surface area contributed by atoms with Gasteiger partial charge in [0.2, 0.25) is 0 Å². The Morgan fingerprint density at radius 2 is 2.09 bits per heavy atom. The summed E-state index contributed by atoms with van der Waals surface area (Å²) in [5.74, 6) is -0.188. The number of rotatable bonds is 4. The SMILES string of the molecule is Cc1c(C(C)NC(=O)c2csc(-c3cnn(C)c3)n2)cnn1C. The molecule has 120 valence electrons. The van der Waals surface area contributed by atoms with E-state index in [2.05, 4.69) is 20.5 Å². The molecule has 0 aromatic carbocycles. The van der Waals surface area contributed by atoms with E-state index in [-0.39, 0.29) is 11.9 Å². The zero-order valence-corrected chi connectivity index (χ0v) is 14.3. The number of nitrogens with one attached hydrogen (secondary N) is 1. The molecular formula is C15H18N6OS. The van der Waals surface area contributed by atoms with Crippen LogP contribution in [0, 0.1) is 6.92 Å². The first-order chi connectivity index (χ1) is 11.0. The molecule has 0 aliphatic rings. The fourth-order valence-electron chi connectivity index (χ4n) is 2.33. The second-order valence-electron chi connectivity index (χ2n) is 5.44. The summed E-state index contributed by atoms with van der Waals surface area (Å²) in [6.07, 6.45) is 5.40. The number of hydrogen-bond acceptors (Lipinski definition) is 5. The van der Waals surface area contributed by atoms with Crippen molar-refractivity contribution in [3.8, 4) is 10.6 Å². The second kappa shape index (κ2) is 5.96. The molecule has 3 aromatic rings. The van der Waals surface area contributed by atoms with Crippen LogP contribution in [0.2, 0.25) is 0 Å². The Bertz CT molecular complexity index is 846. The zero-order chi connectivity index (χ0) is 16.6. The van der Waals surface area contributed by atoms with E-state index in [4.69, 9.17) is 0 Å². The van der Waals surface area contributed by atoms with Crippen molar-refractivity contribution in [2.75, 3.05) is 0 Å². The highest BCUT2D eigenvalue weighted by Gasteiger charge is 2.18. The third kappa shape index (κ3) is 3.02. The van der Waals surface area contributed by atoms with E-state index in [0.717, 1.165) is 21.8 Å². The van der Waals surface area contributed by atoms with E-state index in [0.29, 0.717) is 5.69 Å².